The van der Waals surface area contributed by atoms with Gasteiger partial charge in [-0.2, -0.15) is 0 Å². The van der Waals surface area contributed by atoms with Crippen molar-refractivity contribution in [3.05, 3.63) is 57.6 Å². The van der Waals surface area contributed by atoms with E-state index in [0.29, 0.717) is 22.6 Å². The van der Waals surface area contributed by atoms with Gasteiger partial charge in [-0.1, -0.05) is 13.8 Å². The molecule has 0 heterocycles. The van der Waals surface area contributed by atoms with E-state index in [4.69, 9.17) is 5.73 Å². The van der Waals surface area contributed by atoms with E-state index in [1.165, 1.54) is 18.2 Å². The summed E-state index contributed by atoms with van der Waals surface area (Å²) in [7, 11) is -7.01. The van der Waals surface area contributed by atoms with Crippen molar-refractivity contribution in [2.24, 2.45) is 0 Å². The van der Waals surface area contributed by atoms with Crippen LogP contribution in [0.3, 0.4) is 0 Å². The molecule has 2 saturated carbocycles. The van der Waals surface area contributed by atoms with Crippen molar-refractivity contribution in [3.63, 3.8) is 0 Å². The van der Waals surface area contributed by atoms with E-state index in [2.05, 4.69) is 9.44 Å². The molecule has 10 nitrogen and oxygen atoms in total. The maximum atomic E-state index is 12.2. The quantitative estimate of drug-likeness (QED) is 0.249. The van der Waals surface area contributed by atoms with Gasteiger partial charge in [0.2, 0.25) is 20.0 Å². The maximum absolute atomic E-state index is 12.2. The summed E-state index contributed by atoms with van der Waals surface area (Å²) in [6.07, 6.45) is 4.59. The van der Waals surface area contributed by atoms with E-state index >= 15 is 0 Å². The topological polar surface area (TPSA) is 162 Å². The van der Waals surface area contributed by atoms with Gasteiger partial charge in [0.15, 0.2) is 0 Å². The van der Waals surface area contributed by atoms with Gasteiger partial charge in [0.1, 0.15) is 0 Å². The second-order valence-corrected chi connectivity index (χ2v) is 13.3. The molecule has 0 amide bonds. The van der Waals surface area contributed by atoms with Gasteiger partial charge in [0.25, 0.3) is 5.69 Å². The summed E-state index contributed by atoms with van der Waals surface area (Å²) < 4.78 is 53.9. The summed E-state index contributed by atoms with van der Waals surface area (Å²) in [5.74, 6) is 0. The highest BCUT2D eigenvalue weighted by Crippen LogP contribution is 2.37. The average Bonchev–Trinajstić information content (AvgIpc) is 3.71. The standard InChI is InChI=1S/C12H16N2O4S.C12H18N2O2S/c1-3-9-8-10(4-5-11(9)14(15)16)19(17,18)13-12(2)6-7-12;1-3-9-8-10(4-5-11(9)13)17(15,16)14-12(2)6-7-12/h4-5,8,13H,3,6-7H2,1-2H3;4-5,8,14H,3,6-7,13H2,1-2H3. The first-order valence-corrected chi connectivity index (χ1v) is 14.8. The number of anilines is 1. The fraction of sp³-hybridized carbons (Fsp3) is 0.500. The predicted octanol–water partition coefficient (Wildman–Crippen LogP) is 3.65. The number of rotatable bonds is 9. The minimum atomic E-state index is -3.60. The van der Waals surface area contributed by atoms with Crippen molar-refractivity contribution in [1.82, 2.24) is 9.44 Å². The van der Waals surface area contributed by atoms with Crippen molar-refractivity contribution < 1.29 is 21.8 Å². The molecule has 2 aromatic carbocycles. The summed E-state index contributed by atoms with van der Waals surface area (Å²) in [4.78, 5) is 10.7. The molecule has 4 N–H and O–H groups in total. The number of nitrogen functional groups attached to an aromatic ring is 1. The lowest BCUT2D eigenvalue weighted by atomic mass is 10.1. The Morgan fingerprint density at radius 1 is 0.833 bits per heavy atom. The molecular weight excluding hydrogens is 504 g/mol. The number of aryl methyl sites for hydroxylation is 2. The first-order valence-electron chi connectivity index (χ1n) is 11.9. The van der Waals surface area contributed by atoms with Gasteiger partial charge < -0.3 is 5.73 Å². The molecule has 0 radical (unpaired) electrons. The molecule has 4 rings (SSSR count). The summed E-state index contributed by atoms with van der Waals surface area (Å²) in [5.41, 5.74) is 7.06. The van der Waals surface area contributed by atoms with Crippen LogP contribution in [0.5, 0.6) is 0 Å². The van der Waals surface area contributed by atoms with Crippen LogP contribution >= 0.6 is 0 Å². The van der Waals surface area contributed by atoms with Crippen LogP contribution in [0.15, 0.2) is 46.2 Å². The zero-order valence-electron chi connectivity index (χ0n) is 21.0. The van der Waals surface area contributed by atoms with Crippen LogP contribution in [0, 0.1) is 10.1 Å². The Balaban J connectivity index is 0.000000202. The Morgan fingerprint density at radius 3 is 1.64 bits per heavy atom. The van der Waals surface area contributed by atoms with Crippen molar-refractivity contribution in [2.75, 3.05) is 5.73 Å². The number of nitro benzene ring substituents is 1. The van der Waals surface area contributed by atoms with Gasteiger partial charge in [-0.25, -0.2) is 26.3 Å². The SMILES string of the molecule is CCc1cc(S(=O)(=O)NC2(C)CC2)ccc1N.CCc1cc(S(=O)(=O)NC2(C)CC2)ccc1[N+](=O)[O-]. The second-order valence-electron chi connectivity index (χ2n) is 9.95. The molecule has 0 bridgehead atoms. The molecule has 2 aromatic rings. The van der Waals surface area contributed by atoms with E-state index in [9.17, 15) is 26.9 Å². The number of sulfonamides is 2. The summed E-state index contributed by atoms with van der Waals surface area (Å²) in [6.45, 7) is 7.48. The zero-order valence-corrected chi connectivity index (χ0v) is 22.6. The van der Waals surface area contributed by atoms with Crippen molar-refractivity contribution in [2.45, 2.75) is 87.1 Å². The highest BCUT2D eigenvalue weighted by molar-refractivity contribution is 7.89. The third kappa shape index (κ3) is 6.81. The molecule has 0 spiro atoms. The maximum Gasteiger partial charge on any atom is 0.272 e. The molecule has 36 heavy (non-hydrogen) atoms. The highest BCUT2D eigenvalue weighted by Gasteiger charge is 2.42. The number of nitrogens with two attached hydrogens (primary N) is 1. The van der Waals surface area contributed by atoms with Gasteiger partial charge in [-0.05, 0) is 88.3 Å². The summed E-state index contributed by atoms with van der Waals surface area (Å²) in [6, 6.07) is 8.79. The Morgan fingerprint density at radius 2 is 1.25 bits per heavy atom. The van der Waals surface area contributed by atoms with Crippen LogP contribution in [0.2, 0.25) is 0 Å². The van der Waals surface area contributed by atoms with Gasteiger partial charge in [-0.3, -0.25) is 10.1 Å². The van der Waals surface area contributed by atoms with E-state index < -0.39 is 25.0 Å². The lowest BCUT2D eigenvalue weighted by Crippen LogP contribution is -2.34. The van der Waals surface area contributed by atoms with Crippen LogP contribution in [0.25, 0.3) is 0 Å². The van der Waals surface area contributed by atoms with E-state index in [1.54, 1.807) is 25.1 Å². The molecule has 198 valence electrons. The number of hydrogen-bond donors (Lipinski definition) is 3. The van der Waals surface area contributed by atoms with Gasteiger partial charge in [-0.15, -0.1) is 0 Å². The Kier molecular flexibility index (Phi) is 7.85. The molecule has 0 atom stereocenters. The van der Waals surface area contributed by atoms with Crippen LogP contribution in [0.4, 0.5) is 11.4 Å². The van der Waals surface area contributed by atoms with Crippen molar-refractivity contribution in [3.8, 4) is 0 Å². The number of nitrogens with one attached hydrogen (secondary N) is 2. The molecule has 2 aliphatic rings. The number of benzene rings is 2. The smallest absolute Gasteiger partial charge is 0.272 e. The van der Waals surface area contributed by atoms with E-state index in [1.807, 2.05) is 20.8 Å². The largest absolute Gasteiger partial charge is 0.399 e. The highest BCUT2D eigenvalue weighted by atomic mass is 32.2. The molecular formula is C24H34N4O6S2. The number of hydrogen-bond acceptors (Lipinski definition) is 7. The predicted molar refractivity (Wildman–Crippen MR) is 139 cm³/mol. The van der Waals surface area contributed by atoms with E-state index in [-0.39, 0.29) is 21.7 Å². The van der Waals surface area contributed by atoms with Crippen LogP contribution in [-0.2, 0) is 32.9 Å². The third-order valence-electron chi connectivity index (χ3n) is 6.51. The first kappa shape index (κ1) is 28.0. The Bertz CT molecular complexity index is 1360. The van der Waals surface area contributed by atoms with Crippen LogP contribution in [0.1, 0.15) is 64.5 Å². The van der Waals surface area contributed by atoms with Gasteiger partial charge >= 0.3 is 0 Å². The zero-order chi connectivity index (χ0) is 26.9. The van der Waals surface area contributed by atoms with Gasteiger partial charge in [0, 0.05) is 28.4 Å². The molecule has 0 saturated heterocycles. The number of nitro groups is 1. The molecule has 2 fully saturated rings. The first-order chi connectivity index (χ1) is 16.6. The lowest BCUT2D eigenvalue weighted by molar-refractivity contribution is -0.385. The summed E-state index contributed by atoms with van der Waals surface area (Å²) >= 11 is 0. The fourth-order valence-corrected chi connectivity index (χ4v) is 6.62. The molecule has 0 aliphatic heterocycles. The minimum Gasteiger partial charge on any atom is -0.399 e. The fourth-order valence-electron chi connectivity index (χ4n) is 3.59. The third-order valence-corrected chi connectivity index (χ3v) is 9.78. The molecule has 12 heteroatoms. The Labute approximate surface area is 212 Å². The second kappa shape index (κ2) is 10.1. The normalized spacial score (nSPS) is 17.6. The summed E-state index contributed by atoms with van der Waals surface area (Å²) in [5, 5.41) is 10.8. The lowest BCUT2D eigenvalue weighted by Gasteiger charge is -2.13. The van der Waals surface area contributed by atoms with Crippen molar-refractivity contribution in [1.29, 1.82) is 0 Å². The van der Waals surface area contributed by atoms with Crippen molar-refractivity contribution >= 4 is 31.4 Å². The Hall–Kier alpha value is -2.54. The number of nitrogens with zero attached hydrogens (tertiary/aromatic N) is 1. The monoisotopic (exact) mass is 538 g/mol. The van der Waals surface area contributed by atoms with Crippen LogP contribution in [-0.4, -0.2) is 32.8 Å². The van der Waals surface area contributed by atoms with Crippen LogP contribution < -0.4 is 15.2 Å². The molecule has 0 aromatic heterocycles. The molecule has 0 unspecified atom stereocenters. The van der Waals surface area contributed by atoms with Gasteiger partial charge in [0.05, 0.1) is 14.7 Å². The molecule has 2 aliphatic carbocycles. The van der Waals surface area contributed by atoms with E-state index in [0.717, 1.165) is 37.7 Å². The minimum absolute atomic E-state index is 0.0425. The average molecular weight is 539 g/mol.